The zero-order valence-electron chi connectivity index (χ0n) is 15.8. The van der Waals surface area contributed by atoms with Crippen LogP contribution in [0.4, 0.5) is 5.69 Å². The molecule has 29 heavy (non-hydrogen) atoms. The maximum absolute atomic E-state index is 13.0. The van der Waals surface area contributed by atoms with Gasteiger partial charge < -0.3 is 15.6 Å². The number of fused-ring (bicyclic) bond motifs is 1. The summed E-state index contributed by atoms with van der Waals surface area (Å²) < 4.78 is 0. The Kier molecular flexibility index (Phi) is 5.39. The van der Waals surface area contributed by atoms with Gasteiger partial charge in [-0.15, -0.1) is 11.3 Å². The molecule has 6 nitrogen and oxygen atoms in total. The van der Waals surface area contributed by atoms with Crippen LogP contribution in [0, 0.1) is 6.92 Å². The van der Waals surface area contributed by atoms with Crippen LogP contribution >= 0.6 is 11.3 Å². The number of carbonyl (C=O) groups excluding carboxylic acids is 2. The lowest BCUT2D eigenvalue weighted by Gasteiger charge is -2.18. The summed E-state index contributed by atoms with van der Waals surface area (Å²) in [5.74, 6) is 0.290. The summed E-state index contributed by atoms with van der Waals surface area (Å²) >= 11 is 1.34. The fourth-order valence-corrected chi connectivity index (χ4v) is 3.77. The number of nitrogens with one attached hydrogen (secondary N) is 3. The molecule has 7 heteroatoms. The summed E-state index contributed by atoms with van der Waals surface area (Å²) in [6.45, 7) is 1.88. The van der Waals surface area contributed by atoms with Gasteiger partial charge in [-0.3, -0.25) is 9.59 Å². The first-order valence-electron chi connectivity index (χ1n) is 9.24. The first kappa shape index (κ1) is 18.9. The molecule has 2 aromatic carbocycles. The van der Waals surface area contributed by atoms with Gasteiger partial charge in [0, 0.05) is 12.1 Å². The van der Waals surface area contributed by atoms with Crippen LogP contribution in [0.25, 0.3) is 11.0 Å². The van der Waals surface area contributed by atoms with E-state index in [2.05, 4.69) is 20.6 Å². The Morgan fingerprint density at radius 2 is 1.93 bits per heavy atom. The largest absolute Gasteiger partial charge is 0.342 e. The van der Waals surface area contributed by atoms with Crippen molar-refractivity contribution in [2.75, 3.05) is 5.32 Å². The number of amides is 2. The third kappa shape index (κ3) is 4.52. The highest BCUT2D eigenvalue weighted by Crippen LogP contribution is 2.18. The number of H-pyrrole nitrogens is 1. The van der Waals surface area contributed by atoms with E-state index in [1.54, 1.807) is 12.1 Å². The van der Waals surface area contributed by atoms with Crippen LogP contribution in [0.1, 0.15) is 21.1 Å². The van der Waals surface area contributed by atoms with E-state index in [-0.39, 0.29) is 11.8 Å². The normalized spacial score (nSPS) is 11.9. The van der Waals surface area contributed by atoms with Crippen molar-refractivity contribution in [2.45, 2.75) is 19.4 Å². The summed E-state index contributed by atoms with van der Waals surface area (Å²) in [7, 11) is 0. The van der Waals surface area contributed by atoms with Crippen LogP contribution in [-0.2, 0) is 11.2 Å². The van der Waals surface area contributed by atoms with E-state index in [1.807, 2.05) is 60.8 Å². The van der Waals surface area contributed by atoms with Crippen molar-refractivity contribution >= 4 is 39.9 Å². The van der Waals surface area contributed by atoms with Crippen LogP contribution in [0.15, 0.2) is 66.0 Å². The highest BCUT2D eigenvalue weighted by Gasteiger charge is 2.22. The minimum atomic E-state index is -0.703. The van der Waals surface area contributed by atoms with E-state index >= 15 is 0 Å². The molecule has 3 N–H and O–H groups in total. The number of carbonyl (C=O) groups is 2. The van der Waals surface area contributed by atoms with E-state index in [1.165, 1.54) is 11.3 Å². The fraction of sp³-hybridized carbons (Fsp3) is 0.136. The molecule has 0 fully saturated rings. The number of nitrogens with zero attached hydrogens (tertiary/aromatic N) is 1. The van der Waals surface area contributed by atoms with Gasteiger partial charge in [0.15, 0.2) is 0 Å². The number of anilines is 1. The minimum Gasteiger partial charge on any atom is -0.342 e. The van der Waals surface area contributed by atoms with Gasteiger partial charge in [0.25, 0.3) is 5.91 Å². The standard InChI is InChI=1S/C22H20N4O2S/c1-14-23-17-10-9-16(13-18(17)24-14)25-21(27)19(12-15-6-3-2-4-7-15)26-22(28)20-8-5-11-29-20/h2-11,13,19H,12H2,1H3,(H,23,24)(H,25,27)(H,26,28)/t19-/m1/s1. The molecule has 4 aromatic rings. The lowest BCUT2D eigenvalue weighted by atomic mass is 10.0. The third-order valence-electron chi connectivity index (χ3n) is 4.52. The van der Waals surface area contributed by atoms with Crippen molar-refractivity contribution in [3.63, 3.8) is 0 Å². The zero-order chi connectivity index (χ0) is 20.2. The molecular formula is C22H20N4O2S. The van der Waals surface area contributed by atoms with Crippen molar-refractivity contribution in [3.8, 4) is 0 Å². The molecule has 0 spiro atoms. The number of thiophene rings is 1. The SMILES string of the molecule is Cc1nc2ccc(NC(=O)[C@@H](Cc3ccccc3)NC(=O)c3cccs3)cc2[nH]1. The topological polar surface area (TPSA) is 86.9 Å². The van der Waals surface area contributed by atoms with Gasteiger partial charge in [0.1, 0.15) is 11.9 Å². The maximum atomic E-state index is 13.0. The number of hydrogen-bond donors (Lipinski definition) is 3. The average Bonchev–Trinajstić information content (AvgIpc) is 3.37. The second-order valence-corrected chi connectivity index (χ2v) is 7.68. The maximum Gasteiger partial charge on any atom is 0.262 e. The highest BCUT2D eigenvalue weighted by atomic mass is 32.1. The lowest BCUT2D eigenvalue weighted by molar-refractivity contribution is -0.118. The molecule has 0 aliphatic carbocycles. The van der Waals surface area contributed by atoms with Gasteiger partial charge in [-0.05, 0) is 42.1 Å². The Labute approximate surface area is 172 Å². The van der Waals surface area contributed by atoms with E-state index in [9.17, 15) is 9.59 Å². The molecule has 4 rings (SSSR count). The molecule has 1 atom stereocenters. The summed E-state index contributed by atoms with van der Waals surface area (Å²) in [5, 5.41) is 7.62. The monoisotopic (exact) mass is 404 g/mol. The first-order valence-corrected chi connectivity index (χ1v) is 10.1. The summed E-state index contributed by atoms with van der Waals surface area (Å²) in [4.78, 5) is 33.7. The summed E-state index contributed by atoms with van der Waals surface area (Å²) in [6, 6.07) is 18.0. The Morgan fingerprint density at radius 1 is 1.10 bits per heavy atom. The van der Waals surface area contributed by atoms with E-state index in [0.717, 1.165) is 22.4 Å². The second kappa shape index (κ2) is 8.28. The molecule has 0 saturated heterocycles. The van der Waals surface area contributed by atoms with E-state index in [0.29, 0.717) is 17.0 Å². The molecule has 2 amide bonds. The molecule has 2 heterocycles. The number of aryl methyl sites for hydroxylation is 1. The number of benzene rings is 2. The van der Waals surface area contributed by atoms with Crippen molar-refractivity contribution in [1.29, 1.82) is 0 Å². The third-order valence-corrected chi connectivity index (χ3v) is 5.39. The molecule has 0 aliphatic rings. The number of imidazole rings is 1. The Morgan fingerprint density at radius 3 is 2.69 bits per heavy atom. The van der Waals surface area contributed by atoms with Crippen molar-refractivity contribution < 1.29 is 9.59 Å². The second-order valence-electron chi connectivity index (χ2n) is 6.74. The van der Waals surface area contributed by atoms with Gasteiger partial charge in [-0.2, -0.15) is 0 Å². The molecule has 0 radical (unpaired) electrons. The predicted octanol–water partition coefficient (Wildman–Crippen LogP) is 3.91. The van der Waals surface area contributed by atoms with Crippen molar-refractivity contribution in [1.82, 2.24) is 15.3 Å². The first-order chi connectivity index (χ1) is 14.1. The molecule has 2 aromatic heterocycles. The van der Waals surface area contributed by atoms with Gasteiger partial charge in [0.2, 0.25) is 5.91 Å². The molecule has 0 aliphatic heterocycles. The van der Waals surface area contributed by atoms with Gasteiger partial charge in [-0.25, -0.2) is 4.98 Å². The number of hydrogen-bond acceptors (Lipinski definition) is 4. The van der Waals surface area contributed by atoms with Crippen molar-refractivity contribution in [2.24, 2.45) is 0 Å². The zero-order valence-corrected chi connectivity index (χ0v) is 16.6. The molecule has 0 unspecified atom stereocenters. The quantitative estimate of drug-likeness (QED) is 0.455. The van der Waals surface area contributed by atoms with Crippen LogP contribution < -0.4 is 10.6 Å². The lowest BCUT2D eigenvalue weighted by Crippen LogP contribution is -2.45. The van der Waals surface area contributed by atoms with Crippen LogP contribution in [0.5, 0.6) is 0 Å². The number of aromatic amines is 1. The number of aromatic nitrogens is 2. The Hall–Kier alpha value is -3.45. The van der Waals surface area contributed by atoms with Crippen LogP contribution in [0.2, 0.25) is 0 Å². The molecule has 0 bridgehead atoms. The molecule has 0 saturated carbocycles. The average molecular weight is 404 g/mol. The molecule has 146 valence electrons. The smallest absolute Gasteiger partial charge is 0.262 e. The predicted molar refractivity (Wildman–Crippen MR) is 115 cm³/mol. The Balaban J connectivity index is 1.54. The number of rotatable bonds is 6. The van der Waals surface area contributed by atoms with E-state index in [4.69, 9.17) is 0 Å². The van der Waals surface area contributed by atoms with Crippen molar-refractivity contribution in [3.05, 3.63) is 82.3 Å². The van der Waals surface area contributed by atoms with Gasteiger partial charge >= 0.3 is 0 Å². The van der Waals surface area contributed by atoms with Gasteiger partial charge in [0.05, 0.1) is 15.9 Å². The van der Waals surface area contributed by atoms with Crippen LogP contribution in [0.3, 0.4) is 0 Å². The van der Waals surface area contributed by atoms with Gasteiger partial charge in [-0.1, -0.05) is 36.4 Å². The Bertz CT molecular complexity index is 1140. The molecular weight excluding hydrogens is 384 g/mol. The summed E-state index contributed by atoms with van der Waals surface area (Å²) in [5.41, 5.74) is 3.31. The highest BCUT2D eigenvalue weighted by molar-refractivity contribution is 7.12. The van der Waals surface area contributed by atoms with Crippen LogP contribution in [-0.4, -0.2) is 27.8 Å². The van der Waals surface area contributed by atoms with E-state index < -0.39 is 6.04 Å². The summed E-state index contributed by atoms with van der Waals surface area (Å²) in [6.07, 6.45) is 0.398. The minimum absolute atomic E-state index is 0.254. The fourth-order valence-electron chi connectivity index (χ4n) is 3.14.